The van der Waals surface area contributed by atoms with Crippen molar-refractivity contribution in [3.8, 4) is 0 Å². The minimum absolute atomic E-state index is 0.0565. The second-order valence-corrected chi connectivity index (χ2v) is 11.5. The van der Waals surface area contributed by atoms with Gasteiger partial charge in [0.25, 0.3) is 5.69 Å². The topological polar surface area (TPSA) is 134 Å². The Morgan fingerprint density at radius 3 is 2.21 bits per heavy atom. The number of rotatable bonds is 16. The first-order valence-corrected chi connectivity index (χ1v) is 14.5. The second kappa shape index (κ2) is 17.1. The first-order chi connectivity index (χ1) is 19.9. The van der Waals surface area contributed by atoms with Crippen LogP contribution in [0.2, 0.25) is 0 Å². The number of unbranched alkanes of at least 4 members (excludes halogenated alkanes) is 3. The summed E-state index contributed by atoms with van der Waals surface area (Å²) in [7, 11) is 0. The monoisotopic (exact) mass is 584 g/mol. The van der Waals surface area contributed by atoms with Crippen LogP contribution in [0.3, 0.4) is 0 Å². The van der Waals surface area contributed by atoms with E-state index in [4.69, 9.17) is 14.2 Å². The Bertz CT molecular complexity index is 1150. The van der Waals surface area contributed by atoms with E-state index < -0.39 is 40.7 Å². The van der Waals surface area contributed by atoms with E-state index >= 15 is 0 Å². The van der Waals surface area contributed by atoms with Crippen molar-refractivity contribution in [1.82, 2.24) is 5.32 Å². The molecule has 10 heteroatoms. The van der Waals surface area contributed by atoms with Gasteiger partial charge in [0.15, 0.2) is 0 Å². The van der Waals surface area contributed by atoms with Crippen LogP contribution in [0.4, 0.5) is 10.5 Å². The molecule has 0 radical (unpaired) electrons. The lowest BCUT2D eigenvalue weighted by Gasteiger charge is -2.27. The Morgan fingerprint density at radius 2 is 1.62 bits per heavy atom. The van der Waals surface area contributed by atoms with E-state index in [2.05, 4.69) is 12.2 Å². The normalized spacial score (nSPS) is 13.4. The number of alkyl carbamates (subject to hydrolysis) is 1. The molecular formula is C32H44N2O8. The molecule has 1 amide bonds. The van der Waals surface area contributed by atoms with Gasteiger partial charge in [0, 0.05) is 18.6 Å². The van der Waals surface area contributed by atoms with Crippen molar-refractivity contribution < 1.29 is 33.5 Å². The van der Waals surface area contributed by atoms with Crippen LogP contribution in [-0.4, -0.2) is 40.7 Å². The van der Waals surface area contributed by atoms with Crippen molar-refractivity contribution in [3.05, 3.63) is 75.8 Å². The van der Waals surface area contributed by atoms with Crippen molar-refractivity contribution in [2.24, 2.45) is 5.92 Å². The van der Waals surface area contributed by atoms with Gasteiger partial charge in [0.1, 0.15) is 24.4 Å². The molecule has 2 aromatic rings. The zero-order valence-corrected chi connectivity index (χ0v) is 25.3. The van der Waals surface area contributed by atoms with Crippen LogP contribution in [0.5, 0.6) is 0 Å². The van der Waals surface area contributed by atoms with Gasteiger partial charge in [-0.3, -0.25) is 14.9 Å². The number of nitrogens with one attached hydrogen (secondary N) is 1. The molecule has 0 bridgehead atoms. The molecule has 0 saturated heterocycles. The summed E-state index contributed by atoms with van der Waals surface area (Å²) < 4.78 is 16.7. The van der Waals surface area contributed by atoms with E-state index in [1.54, 1.807) is 20.8 Å². The van der Waals surface area contributed by atoms with E-state index in [0.717, 1.165) is 37.7 Å². The van der Waals surface area contributed by atoms with Gasteiger partial charge in [-0.15, -0.1) is 0 Å². The number of nitro benzene ring substituents is 1. The quantitative estimate of drug-likeness (QED) is 0.0759. The Kier molecular flexibility index (Phi) is 14.0. The predicted molar refractivity (Wildman–Crippen MR) is 159 cm³/mol. The molecule has 1 N–H and O–H groups in total. The second-order valence-electron chi connectivity index (χ2n) is 11.5. The molecule has 3 atom stereocenters. The summed E-state index contributed by atoms with van der Waals surface area (Å²) in [6, 6.07) is 13.9. The first-order valence-electron chi connectivity index (χ1n) is 14.5. The van der Waals surface area contributed by atoms with E-state index in [0.29, 0.717) is 5.56 Å². The molecule has 2 aromatic carbocycles. The zero-order chi connectivity index (χ0) is 31.1. The van der Waals surface area contributed by atoms with Gasteiger partial charge in [0.05, 0.1) is 11.3 Å². The van der Waals surface area contributed by atoms with Crippen molar-refractivity contribution in [1.29, 1.82) is 0 Å². The molecule has 0 spiro atoms. The molecule has 0 unspecified atom stereocenters. The summed E-state index contributed by atoms with van der Waals surface area (Å²) in [6.45, 7) is 9.18. The lowest BCUT2D eigenvalue weighted by Crippen LogP contribution is -2.47. The number of esters is 2. The van der Waals surface area contributed by atoms with Gasteiger partial charge in [-0.1, -0.05) is 69.9 Å². The van der Waals surface area contributed by atoms with Crippen molar-refractivity contribution in [2.75, 3.05) is 0 Å². The van der Waals surface area contributed by atoms with Crippen LogP contribution in [-0.2, 0) is 36.8 Å². The van der Waals surface area contributed by atoms with Crippen molar-refractivity contribution >= 4 is 23.7 Å². The highest BCUT2D eigenvalue weighted by atomic mass is 16.6. The van der Waals surface area contributed by atoms with Crippen LogP contribution in [0.15, 0.2) is 54.6 Å². The number of benzene rings is 2. The smallest absolute Gasteiger partial charge is 0.408 e. The molecular weight excluding hydrogens is 540 g/mol. The molecule has 0 aliphatic rings. The molecule has 0 aliphatic carbocycles. The van der Waals surface area contributed by atoms with Crippen LogP contribution in [0, 0.1) is 16.0 Å². The Labute approximate surface area is 248 Å². The number of hydrogen-bond acceptors (Lipinski definition) is 8. The zero-order valence-electron chi connectivity index (χ0n) is 25.3. The number of carbonyl (C=O) groups is 3. The van der Waals surface area contributed by atoms with Crippen LogP contribution in [0.25, 0.3) is 0 Å². The highest BCUT2D eigenvalue weighted by Gasteiger charge is 2.31. The van der Waals surface area contributed by atoms with Crippen molar-refractivity contribution in [2.45, 2.75) is 104 Å². The molecule has 42 heavy (non-hydrogen) atoms. The third-order valence-corrected chi connectivity index (χ3v) is 6.59. The lowest BCUT2D eigenvalue weighted by molar-refractivity contribution is -0.384. The fraction of sp³-hybridized carbons (Fsp3) is 0.531. The summed E-state index contributed by atoms with van der Waals surface area (Å²) in [5, 5.41) is 13.5. The number of nitrogens with zero attached hydrogens (tertiary/aromatic N) is 1. The van der Waals surface area contributed by atoms with Gasteiger partial charge < -0.3 is 19.5 Å². The SMILES string of the molecule is CCCCCC[C@H](C)[C@H](CC(=O)OCc1ccc([N+](=O)[O-])cc1)OC(=O)[C@H](Cc1ccccc1)NC(=O)OC(C)(C)C. The lowest BCUT2D eigenvalue weighted by atomic mass is 9.94. The van der Waals surface area contributed by atoms with E-state index in [9.17, 15) is 24.5 Å². The Hall–Kier alpha value is -3.95. The Balaban J connectivity index is 2.15. The standard InChI is InChI=1S/C32H44N2O8/c1-6-7-8-10-13-23(2)28(21-29(35)40-22-25-16-18-26(19-17-25)34(38)39)41-30(36)27(20-24-14-11-9-12-15-24)33-31(37)42-32(3,4)5/h9,11-12,14-19,23,27-28H,6-8,10,13,20-22H2,1-5H3,(H,33,37)/t23-,27-,28-/m0/s1. The molecule has 0 saturated carbocycles. The van der Waals surface area contributed by atoms with Gasteiger partial charge in [-0.25, -0.2) is 9.59 Å². The van der Waals surface area contributed by atoms with Gasteiger partial charge in [0.2, 0.25) is 0 Å². The molecule has 0 aliphatic heterocycles. The van der Waals surface area contributed by atoms with E-state index in [-0.39, 0.29) is 31.1 Å². The van der Waals surface area contributed by atoms with Gasteiger partial charge in [-0.05, 0) is 56.4 Å². The number of hydrogen-bond donors (Lipinski definition) is 1. The van der Waals surface area contributed by atoms with E-state index in [1.165, 1.54) is 24.3 Å². The number of amides is 1. The molecule has 2 rings (SSSR count). The third kappa shape index (κ3) is 13.1. The fourth-order valence-corrected chi connectivity index (χ4v) is 4.26. The largest absolute Gasteiger partial charge is 0.461 e. The third-order valence-electron chi connectivity index (χ3n) is 6.59. The highest BCUT2D eigenvalue weighted by molar-refractivity contribution is 5.82. The maximum atomic E-state index is 13.5. The number of non-ortho nitro benzene ring substituents is 1. The average molecular weight is 585 g/mol. The molecule has 230 valence electrons. The summed E-state index contributed by atoms with van der Waals surface area (Å²) in [5.74, 6) is -1.37. The van der Waals surface area contributed by atoms with Crippen molar-refractivity contribution in [3.63, 3.8) is 0 Å². The summed E-state index contributed by atoms with van der Waals surface area (Å²) in [5.41, 5.74) is 0.606. The maximum Gasteiger partial charge on any atom is 0.408 e. The Morgan fingerprint density at radius 1 is 0.952 bits per heavy atom. The highest BCUT2D eigenvalue weighted by Crippen LogP contribution is 2.22. The molecule has 0 fully saturated rings. The molecule has 10 nitrogen and oxygen atoms in total. The summed E-state index contributed by atoms with van der Waals surface area (Å²) in [6.07, 6.45) is 3.37. The van der Waals surface area contributed by atoms with Crippen LogP contribution >= 0.6 is 0 Å². The van der Waals surface area contributed by atoms with Crippen LogP contribution in [0.1, 0.15) is 84.3 Å². The molecule has 0 heterocycles. The van der Waals surface area contributed by atoms with E-state index in [1.807, 2.05) is 37.3 Å². The number of nitro groups is 1. The first kappa shape index (κ1) is 34.3. The summed E-state index contributed by atoms with van der Waals surface area (Å²) in [4.78, 5) is 49.3. The van der Waals surface area contributed by atoms with Crippen LogP contribution < -0.4 is 5.32 Å². The fourth-order valence-electron chi connectivity index (χ4n) is 4.26. The average Bonchev–Trinajstić information content (AvgIpc) is 2.93. The van der Waals surface area contributed by atoms with Gasteiger partial charge in [-0.2, -0.15) is 0 Å². The summed E-state index contributed by atoms with van der Waals surface area (Å²) >= 11 is 0. The minimum Gasteiger partial charge on any atom is -0.461 e. The molecule has 0 aromatic heterocycles. The minimum atomic E-state index is -1.03. The van der Waals surface area contributed by atoms with Gasteiger partial charge >= 0.3 is 18.0 Å². The number of carbonyl (C=O) groups excluding carboxylic acids is 3. The predicted octanol–water partition coefficient (Wildman–Crippen LogP) is 6.68. The number of ether oxygens (including phenoxy) is 3. The maximum absolute atomic E-state index is 13.5.